The number of halogens is 3. The van der Waals surface area contributed by atoms with Crippen LogP contribution in [0.1, 0.15) is 44.9 Å². The third kappa shape index (κ3) is 5.46. The van der Waals surface area contributed by atoms with Crippen LogP contribution in [0.25, 0.3) is 0 Å². The molecule has 1 N–H and O–H groups in total. The van der Waals surface area contributed by atoms with E-state index in [1.165, 1.54) is 0 Å². The first-order chi connectivity index (χ1) is 20.9. The lowest BCUT2D eigenvalue weighted by Gasteiger charge is -2.58. The van der Waals surface area contributed by atoms with Crippen LogP contribution in [0.15, 0.2) is 106 Å². The number of carbonyl (C=O) groups excluding carboxylic acids is 1. The van der Waals surface area contributed by atoms with Crippen molar-refractivity contribution in [3.63, 3.8) is 0 Å². The summed E-state index contributed by atoms with van der Waals surface area (Å²) < 4.78 is 84.4. The van der Waals surface area contributed by atoms with E-state index in [4.69, 9.17) is 8.37 Å². The average molecular weight is 649 g/mol. The van der Waals surface area contributed by atoms with Crippen LogP contribution < -0.4 is 0 Å². The van der Waals surface area contributed by atoms with Crippen molar-refractivity contribution < 1.29 is 39.9 Å². The molecule has 0 heterocycles. The molecule has 236 valence electrons. The van der Waals surface area contributed by atoms with Gasteiger partial charge < -0.3 is 9.84 Å². The molecule has 7 rings (SSSR count). The fourth-order valence-corrected chi connectivity index (χ4v) is 13.0. The molecule has 11 heteroatoms. The maximum Gasteiger partial charge on any atom is 0.401 e. The van der Waals surface area contributed by atoms with E-state index < -0.39 is 61.9 Å². The number of rotatable bonds is 11. The average Bonchev–Trinajstić information content (AvgIpc) is 2.99. The van der Waals surface area contributed by atoms with Crippen LogP contribution in [-0.4, -0.2) is 43.1 Å². The number of ether oxygens (including phenoxy) is 1. The van der Waals surface area contributed by atoms with Crippen molar-refractivity contribution in [2.75, 3.05) is 6.61 Å². The predicted octanol–water partition coefficient (Wildman–Crippen LogP) is 7.43. The molecular weight excluding hydrogens is 613 g/mol. The Morgan fingerprint density at radius 1 is 0.841 bits per heavy atom. The Balaban J connectivity index is 1.23. The van der Waals surface area contributed by atoms with Crippen LogP contribution in [0.4, 0.5) is 13.2 Å². The summed E-state index contributed by atoms with van der Waals surface area (Å²) in [7, 11) is -9.22. The first-order valence-corrected chi connectivity index (χ1v) is 17.7. The van der Waals surface area contributed by atoms with Crippen LogP contribution in [0.3, 0.4) is 0 Å². The Labute approximate surface area is 257 Å². The molecule has 3 aromatic carbocycles. The molecule has 0 aromatic heterocycles. The molecule has 3 unspecified atom stereocenters. The van der Waals surface area contributed by atoms with E-state index in [0.717, 1.165) is 6.42 Å². The molecule has 0 amide bonds. The summed E-state index contributed by atoms with van der Waals surface area (Å²) in [5, 5.41) is 5.97. The number of esters is 1. The summed E-state index contributed by atoms with van der Waals surface area (Å²) in [4.78, 5) is 14.1. The predicted molar refractivity (Wildman–Crippen MR) is 159 cm³/mol. The van der Waals surface area contributed by atoms with Gasteiger partial charge in [-0.2, -0.15) is 17.2 Å². The summed E-state index contributed by atoms with van der Waals surface area (Å²) in [6.45, 7) is -0.728. The molecule has 0 aliphatic heterocycles. The normalized spacial score (nSPS) is 27.5. The maximum absolute atomic E-state index is 15.6. The minimum atomic E-state index is -5.90. The van der Waals surface area contributed by atoms with Gasteiger partial charge in [-0.1, -0.05) is 54.6 Å². The van der Waals surface area contributed by atoms with Gasteiger partial charge in [0.2, 0.25) is 0 Å². The van der Waals surface area contributed by atoms with E-state index in [1.54, 1.807) is 91.0 Å². The fraction of sp³-hybridized carbons (Fsp3) is 0.424. The highest BCUT2D eigenvalue weighted by Crippen LogP contribution is 2.70. The lowest BCUT2D eigenvalue weighted by atomic mass is 9.48. The van der Waals surface area contributed by atoms with Gasteiger partial charge in [-0.15, -0.1) is 0 Å². The molecule has 3 atom stereocenters. The van der Waals surface area contributed by atoms with Crippen molar-refractivity contribution in [3.05, 3.63) is 91.0 Å². The van der Waals surface area contributed by atoms with E-state index in [1.807, 2.05) is 0 Å². The standard InChI is InChI=1S/C33H35F3O6S2/c34-29(16-17-41-30(37)31-19-24-18-25(20-31)22-32(38,21-24)23-31)33(35,36)44(39,40)42-43(26-10-4-1-5-11-26,27-12-6-2-7-13-27)28-14-8-3-9-15-28/h1-15,24-25,29,38H,16-23H2. The fourth-order valence-electron chi connectivity index (χ4n) is 7.73. The Bertz CT molecular complexity index is 1480. The molecule has 4 aliphatic rings. The first-order valence-electron chi connectivity index (χ1n) is 14.7. The molecule has 3 aromatic rings. The van der Waals surface area contributed by atoms with E-state index in [-0.39, 0.29) is 18.3 Å². The minimum absolute atomic E-state index is 0.191. The molecule has 0 radical (unpaired) electrons. The summed E-state index contributed by atoms with van der Waals surface area (Å²) in [6, 6.07) is 24.5. The Hall–Kier alpha value is -2.86. The Kier molecular flexibility index (Phi) is 8.13. The van der Waals surface area contributed by atoms with Gasteiger partial charge in [0.15, 0.2) is 6.17 Å². The van der Waals surface area contributed by atoms with E-state index >= 15 is 13.2 Å². The zero-order valence-corrected chi connectivity index (χ0v) is 25.6. The van der Waals surface area contributed by atoms with Gasteiger partial charge in [-0.05, 0) is 97.1 Å². The molecule has 4 aliphatic carbocycles. The second-order valence-corrected chi connectivity index (χ2v) is 17.0. The summed E-state index contributed by atoms with van der Waals surface area (Å²) >= 11 is 0. The van der Waals surface area contributed by atoms with Gasteiger partial charge in [0.25, 0.3) is 0 Å². The maximum atomic E-state index is 15.6. The molecule has 44 heavy (non-hydrogen) atoms. The van der Waals surface area contributed by atoms with Gasteiger partial charge in [0.05, 0.1) is 17.6 Å². The van der Waals surface area contributed by atoms with Gasteiger partial charge >= 0.3 is 21.3 Å². The van der Waals surface area contributed by atoms with E-state index in [9.17, 15) is 18.3 Å². The molecule has 4 bridgehead atoms. The number of hydrogen-bond donors (Lipinski definition) is 1. The molecule has 0 saturated heterocycles. The summed E-state index contributed by atoms with van der Waals surface area (Å²) in [6.07, 6.45) is -0.712. The number of hydrogen-bond acceptors (Lipinski definition) is 6. The SMILES string of the molecule is O=C(OCCC(F)C(F)(F)S(=O)(=O)OS(c1ccccc1)(c1ccccc1)c1ccccc1)C12CC3CC(CC(O)(C3)C1)C2. The lowest BCUT2D eigenvalue weighted by molar-refractivity contribution is -0.196. The molecule has 6 nitrogen and oxygen atoms in total. The molecule has 4 saturated carbocycles. The zero-order chi connectivity index (χ0) is 31.2. The quantitative estimate of drug-likeness (QED) is 0.218. The van der Waals surface area contributed by atoms with Gasteiger partial charge in [-0.25, -0.2) is 8.02 Å². The van der Waals surface area contributed by atoms with Crippen LogP contribution >= 0.6 is 10.3 Å². The van der Waals surface area contributed by atoms with Crippen LogP contribution in [0, 0.1) is 17.3 Å². The zero-order valence-electron chi connectivity index (χ0n) is 24.0. The van der Waals surface area contributed by atoms with Crippen molar-refractivity contribution in [1.82, 2.24) is 0 Å². The number of alkyl halides is 3. The topological polar surface area (TPSA) is 89.9 Å². The van der Waals surface area contributed by atoms with Gasteiger partial charge in [-0.3, -0.25) is 4.79 Å². The van der Waals surface area contributed by atoms with Crippen molar-refractivity contribution in [3.8, 4) is 0 Å². The third-order valence-corrected chi connectivity index (χ3v) is 14.4. The highest BCUT2D eigenvalue weighted by molar-refractivity contribution is 8.33. The van der Waals surface area contributed by atoms with Crippen LogP contribution in [0.5, 0.6) is 0 Å². The number of carbonyl (C=O) groups is 1. The lowest BCUT2D eigenvalue weighted by Crippen LogP contribution is -2.58. The Morgan fingerprint density at radius 2 is 1.30 bits per heavy atom. The summed E-state index contributed by atoms with van der Waals surface area (Å²) in [5.41, 5.74) is -1.85. The van der Waals surface area contributed by atoms with Crippen molar-refractivity contribution >= 4 is 26.4 Å². The number of benzene rings is 3. The van der Waals surface area contributed by atoms with E-state index in [2.05, 4.69) is 0 Å². The van der Waals surface area contributed by atoms with Crippen LogP contribution in [0.2, 0.25) is 0 Å². The largest absolute Gasteiger partial charge is 0.465 e. The van der Waals surface area contributed by atoms with Crippen molar-refractivity contribution in [2.45, 2.75) is 76.7 Å². The first kappa shape index (κ1) is 31.1. The highest BCUT2D eigenvalue weighted by Gasteiger charge is 2.61. The third-order valence-electron chi connectivity index (χ3n) is 9.18. The van der Waals surface area contributed by atoms with Crippen LogP contribution in [-0.2, 0) is 23.3 Å². The highest BCUT2D eigenvalue weighted by atomic mass is 32.3. The monoisotopic (exact) mass is 648 g/mol. The van der Waals surface area contributed by atoms with E-state index in [0.29, 0.717) is 40.4 Å². The second-order valence-electron chi connectivity index (χ2n) is 12.4. The summed E-state index contributed by atoms with van der Waals surface area (Å²) in [5.74, 6) is -0.257. The van der Waals surface area contributed by atoms with Gasteiger partial charge in [0, 0.05) is 21.1 Å². The number of aliphatic hydroxyl groups is 1. The van der Waals surface area contributed by atoms with Gasteiger partial charge in [0.1, 0.15) is 0 Å². The molecule has 4 fully saturated rings. The minimum Gasteiger partial charge on any atom is -0.465 e. The van der Waals surface area contributed by atoms with Crippen molar-refractivity contribution in [2.24, 2.45) is 17.3 Å². The Morgan fingerprint density at radius 3 is 1.73 bits per heavy atom. The molecular formula is C33H35F3O6S2. The van der Waals surface area contributed by atoms with Crippen molar-refractivity contribution in [1.29, 1.82) is 0 Å². The second kappa shape index (κ2) is 11.5. The molecule has 0 spiro atoms. The smallest absolute Gasteiger partial charge is 0.401 e.